The fraction of sp³-hybridized carbons (Fsp3) is 0.704. The third-order valence-corrected chi connectivity index (χ3v) is 7.92. The first-order valence-corrected chi connectivity index (χ1v) is 13.3. The topological polar surface area (TPSA) is 15.8 Å². The molecule has 4 atom stereocenters. The van der Waals surface area contributed by atoms with Gasteiger partial charge in [-0.3, -0.25) is 0 Å². The number of thiophene rings is 1. The number of fused-ring (bicyclic) bond motifs is 10. The summed E-state index contributed by atoms with van der Waals surface area (Å²) in [6.07, 6.45) is 10.2. The van der Waals surface area contributed by atoms with Crippen LogP contribution in [-0.2, 0) is 0 Å². The zero-order chi connectivity index (χ0) is 21.6. The van der Waals surface area contributed by atoms with E-state index in [2.05, 4.69) is 42.3 Å². The first-order chi connectivity index (χ1) is 14.2. The average molecular weight is 416 g/mol. The van der Waals surface area contributed by atoms with Crippen LogP contribution < -0.4 is 0 Å². The first kappa shape index (κ1) is 24.3. The monoisotopic (exact) mass is 415 g/mol. The number of nitrogens with one attached hydrogen (secondary N) is 1. The number of aryl methyl sites for hydroxylation is 2. The van der Waals surface area contributed by atoms with Gasteiger partial charge in [0.15, 0.2) is 0 Å². The molecule has 29 heavy (non-hydrogen) atoms. The van der Waals surface area contributed by atoms with E-state index in [-0.39, 0.29) is 0 Å². The van der Waals surface area contributed by atoms with Gasteiger partial charge in [0.2, 0.25) is 0 Å². The molecule has 1 nitrogen and oxygen atoms in total. The van der Waals surface area contributed by atoms with E-state index in [0.717, 1.165) is 23.7 Å². The molecular weight excluding hydrogens is 370 g/mol. The van der Waals surface area contributed by atoms with Crippen molar-refractivity contribution in [2.24, 2.45) is 0 Å². The second kappa shape index (κ2) is 11.4. The molecule has 0 spiro atoms. The van der Waals surface area contributed by atoms with Gasteiger partial charge in [0, 0.05) is 21.1 Å². The van der Waals surface area contributed by atoms with E-state index in [1.54, 1.807) is 21.7 Å². The fourth-order valence-electron chi connectivity index (χ4n) is 5.73. The molecule has 0 aromatic carbocycles. The van der Waals surface area contributed by atoms with Gasteiger partial charge in [0.25, 0.3) is 0 Å². The molecule has 2 heterocycles. The number of hydrogen-bond acceptors (Lipinski definition) is 1. The highest BCUT2D eigenvalue weighted by Gasteiger charge is 2.38. The molecule has 2 aromatic heterocycles. The molecule has 2 saturated carbocycles. The zero-order valence-electron chi connectivity index (χ0n) is 20.3. The van der Waals surface area contributed by atoms with Gasteiger partial charge < -0.3 is 4.98 Å². The standard InChI is InChI=1S/C11H14S.C10H13N.3C2H6/c1-7-5-10-8-3-2-4-9(6-8)11(10)12-7;1-6-4-9-7-2-3-8(5-7)10(9)11-6;3*1-2/h5,8-9H,2-4,6H2,1H3;4,7-8,11H,2-3,5H2,1H3;3*1-2H3. The Labute approximate surface area is 184 Å². The third kappa shape index (κ3) is 5.01. The quantitative estimate of drug-likeness (QED) is 0.441. The summed E-state index contributed by atoms with van der Waals surface area (Å²) in [5.41, 5.74) is 6.28. The SMILES string of the molecule is CC.CC.CC.Cc1cc2c([nH]1)C1CCC2C1.Cc1cc2c(s1)C1CCCC2C1. The molecule has 0 saturated heterocycles. The second-order valence-corrected chi connectivity index (χ2v) is 9.55. The zero-order valence-corrected chi connectivity index (χ0v) is 21.1. The first-order valence-electron chi connectivity index (χ1n) is 12.5. The predicted molar refractivity (Wildman–Crippen MR) is 132 cm³/mol. The molecule has 4 aliphatic rings. The maximum Gasteiger partial charge on any atom is 0.0216 e. The van der Waals surface area contributed by atoms with E-state index in [9.17, 15) is 0 Å². The van der Waals surface area contributed by atoms with Crippen LogP contribution in [0.4, 0.5) is 0 Å². The lowest BCUT2D eigenvalue weighted by Crippen LogP contribution is -2.01. The van der Waals surface area contributed by atoms with Gasteiger partial charge in [-0.25, -0.2) is 0 Å². The Morgan fingerprint density at radius 3 is 2.00 bits per heavy atom. The van der Waals surface area contributed by atoms with Gasteiger partial charge in [-0.05, 0) is 99.3 Å². The lowest BCUT2D eigenvalue weighted by atomic mass is 9.87. The third-order valence-electron chi connectivity index (χ3n) is 6.69. The minimum absolute atomic E-state index is 0.892. The molecule has 0 amide bonds. The van der Waals surface area contributed by atoms with Crippen molar-refractivity contribution in [1.29, 1.82) is 0 Å². The van der Waals surface area contributed by atoms with Crippen LogP contribution in [0.2, 0.25) is 0 Å². The van der Waals surface area contributed by atoms with Crippen molar-refractivity contribution in [3.8, 4) is 0 Å². The van der Waals surface area contributed by atoms with Crippen LogP contribution in [0.1, 0.15) is 142 Å². The van der Waals surface area contributed by atoms with Crippen LogP contribution in [0.25, 0.3) is 0 Å². The molecule has 2 aromatic rings. The highest BCUT2D eigenvalue weighted by Crippen LogP contribution is 2.54. The summed E-state index contributed by atoms with van der Waals surface area (Å²) in [6, 6.07) is 4.79. The van der Waals surface area contributed by atoms with Crippen LogP contribution in [-0.4, -0.2) is 4.98 Å². The highest BCUT2D eigenvalue weighted by atomic mass is 32.1. The minimum Gasteiger partial charge on any atom is -0.362 e. The van der Waals surface area contributed by atoms with Crippen molar-refractivity contribution in [2.75, 3.05) is 0 Å². The van der Waals surface area contributed by atoms with Crippen LogP contribution in [0, 0.1) is 13.8 Å². The lowest BCUT2D eigenvalue weighted by Gasteiger charge is -2.18. The largest absolute Gasteiger partial charge is 0.362 e. The minimum atomic E-state index is 0.892. The maximum absolute atomic E-state index is 3.49. The summed E-state index contributed by atoms with van der Waals surface area (Å²) in [6.45, 7) is 16.4. The van der Waals surface area contributed by atoms with Crippen molar-refractivity contribution >= 4 is 11.3 Å². The van der Waals surface area contributed by atoms with E-state index in [1.807, 2.05) is 41.5 Å². The van der Waals surface area contributed by atoms with Crippen LogP contribution >= 0.6 is 11.3 Å². The van der Waals surface area contributed by atoms with Gasteiger partial charge >= 0.3 is 0 Å². The lowest BCUT2D eigenvalue weighted by molar-refractivity contribution is 0.436. The van der Waals surface area contributed by atoms with Gasteiger partial charge in [-0.2, -0.15) is 0 Å². The highest BCUT2D eigenvalue weighted by molar-refractivity contribution is 7.12. The molecule has 2 heteroatoms. The summed E-state index contributed by atoms with van der Waals surface area (Å²) in [5, 5.41) is 0. The van der Waals surface area contributed by atoms with E-state index < -0.39 is 0 Å². The number of H-pyrrole nitrogens is 1. The maximum atomic E-state index is 3.49. The number of hydrogen-bond donors (Lipinski definition) is 1. The molecule has 0 radical (unpaired) electrons. The second-order valence-electron chi connectivity index (χ2n) is 8.27. The predicted octanol–water partition coefficient (Wildman–Crippen LogP) is 9.58. The molecule has 1 N–H and O–H groups in total. The van der Waals surface area contributed by atoms with E-state index in [1.165, 1.54) is 55.5 Å². The molecular formula is C27H45NS. The van der Waals surface area contributed by atoms with Crippen molar-refractivity contribution in [3.63, 3.8) is 0 Å². The summed E-state index contributed by atoms with van der Waals surface area (Å²) < 4.78 is 0. The van der Waals surface area contributed by atoms with E-state index >= 15 is 0 Å². The molecule has 2 fully saturated rings. The molecule has 164 valence electrons. The van der Waals surface area contributed by atoms with Crippen LogP contribution in [0.5, 0.6) is 0 Å². The van der Waals surface area contributed by atoms with E-state index in [0.29, 0.717) is 0 Å². The Morgan fingerprint density at radius 1 is 0.724 bits per heavy atom. The number of rotatable bonds is 0. The van der Waals surface area contributed by atoms with Crippen molar-refractivity contribution < 1.29 is 0 Å². The Balaban J connectivity index is 0.000000166. The van der Waals surface area contributed by atoms with Gasteiger partial charge in [-0.1, -0.05) is 48.0 Å². The molecule has 4 aliphatic carbocycles. The van der Waals surface area contributed by atoms with Crippen molar-refractivity contribution in [3.05, 3.63) is 44.4 Å². The molecule has 4 unspecified atom stereocenters. The van der Waals surface area contributed by atoms with Crippen LogP contribution in [0.15, 0.2) is 12.1 Å². The number of aromatic nitrogens is 1. The van der Waals surface area contributed by atoms with Crippen LogP contribution in [0.3, 0.4) is 0 Å². The summed E-state index contributed by atoms with van der Waals surface area (Å²) in [7, 11) is 0. The summed E-state index contributed by atoms with van der Waals surface area (Å²) in [5.74, 6) is 3.71. The fourth-order valence-corrected chi connectivity index (χ4v) is 6.99. The Morgan fingerprint density at radius 2 is 1.31 bits per heavy atom. The Bertz CT molecular complexity index is 683. The molecule has 0 aliphatic heterocycles. The summed E-state index contributed by atoms with van der Waals surface area (Å²) in [4.78, 5) is 6.76. The molecule has 6 rings (SSSR count). The Hall–Kier alpha value is -1.02. The van der Waals surface area contributed by atoms with Gasteiger partial charge in [0.05, 0.1) is 0 Å². The molecule has 4 bridgehead atoms. The normalized spacial score (nSPS) is 26.3. The Kier molecular flexibility index (Phi) is 9.53. The summed E-state index contributed by atoms with van der Waals surface area (Å²) >= 11 is 2.05. The van der Waals surface area contributed by atoms with Crippen molar-refractivity contribution in [1.82, 2.24) is 4.98 Å². The number of aromatic amines is 1. The average Bonchev–Trinajstić information content (AvgIpc) is 3.57. The van der Waals surface area contributed by atoms with E-state index in [4.69, 9.17) is 0 Å². The van der Waals surface area contributed by atoms with Gasteiger partial charge in [-0.15, -0.1) is 11.3 Å². The van der Waals surface area contributed by atoms with Crippen molar-refractivity contribution in [2.45, 2.75) is 124 Å². The smallest absolute Gasteiger partial charge is 0.0216 e. The van der Waals surface area contributed by atoms with Gasteiger partial charge in [0.1, 0.15) is 0 Å².